The predicted octanol–water partition coefficient (Wildman–Crippen LogP) is 3.19. The van der Waals surface area contributed by atoms with E-state index < -0.39 is 4.92 Å². The number of nitro groups is 1. The van der Waals surface area contributed by atoms with Crippen molar-refractivity contribution in [3.05, 3.63) is 98.1 Å². The number of phenols is 1. The topological polar surface area (TPSA) is 132 Å². The van der Waals surface area contributed by atoms with Gasteiger partial charge in [-0.05, 0) is 30.3 Å². The number of para-hydroxylation sites is 2. The molecule has 3 aromatic carbocycles. The molecule has 0 aliphatic carbocycles. The molecule has 0 unspecified atom stereocenters. The van der Waals surface area contributed by atoms with Crippen LogP contribution >= 0.6 is 0 Å². The molecule has 2 heterocycles. The molecule has 0 saturated heterocycles. The van der Waals surface area contributed by atoms with Gasteiger partial charge in [0.2, 0.25) is 0 Å². The van der Waals surface area contributed by atoms with Crippen molar-refractivity contribution in [3.8, 4) is 17.2 Å². The van der Waals surface area contributed by atoms with Gasteiger partial charge in [0.15, 0.2) is 17.3 Å². The zero-order valence-electron chi connectivity index (χ0n) is 17.2. The van der Waals surface area contributed by atoms with Gasteiger partial charge in [-0.3, -0.25) is 19.5 Å². The summed E-state index contributed by atoms with van der Waals surface area (Å²) in [5.41, 5.74) is 1.35. The number of nitrogens with zero attached hydrogens (tertiary/aromatic N) is 5. The van der Waals surface area contributed by atoms with Crippen molar-refractivity contribution in [1.29, 1.82) is 0 Å². The van der Waals surface area contributed by atoms with Crippen LogP contribution < -0.4 is 10.3 Å². The Labute approximate surface area is 185 Å². The number of ether oxygens (including phenoxy) is 1. The van der Waals surface area contributed by atoms with Crippen molar-refractivity contribution >= 4 is 28.5 Å². The summed E-state index contributed by atoms with van der Waals surface area (Å²) in [6, 6.07) is 15.9. The van der Waals surface area contributed by atoms with Crippen molar-refractivity contribution in [2.24, 2.45) is 10.2 Å². The summed E-state index contributed by atoms with van der Waals surface area (Å²) in [7, 11) is 1.43. The van der Waals surface area contributed by atoms with Crippen LogP contribution in [0.1, 0.15) is 17.0 Å². The highest BCUT2D eigenvalue weighted by molar-refractivity contribution is 6.17. The van der Waals surface area contributed by atoms with Crippen molar-refractivity contribution < 1.29 is 14.8 Å². The van der Waals surface area contributed by atoms with Crippen LogP contribution in [0.4, 0.5) is 5.69 Å². The molecule has 162 valence electrons. The van der Waals surface area contributed by atoms with Gasteiger partial charge in [0.1, 0.15) is 5.71 Å². The number of aromatic nitrogens is 2. The first-order valence-corrected chi connectivity index (χ1v) is 9.78. The molecule has 0 fully saturated rings. The van der Waals surface area contributed by atoms with Crippen molar-refractivity contribution in [2.45, 2.75) is 0 Å². The Kier molecular flexibility index (Phi) is 4.67. The first-order valence-electron chi connectivity index (χ1n) is 9.78. The Morgan fingerprint density at radius 1 is 1.15 bits per heavy atom. The summed E-state index contributed by atoms with van der Waals surface area (Å²) >= 11 is 0. The highest BCUT2D eigenvalue weighted by atomic mass is 16.6. The quantitative estimate of drug-likeness (QED) is 0.259. The molecule has 0 bridgehead atoms. The summed E-state index contributed by atoms with van der Waals surface area (Å²) in [4.78, 5) is 28.6. The molecule has 0 saturated carbocycles. The lowest BCUT2D eigenvalue weighted by atomic mass is 10.1. The SMILES string of the molecule is COc1cccc(/C=N/N=C2/c3cc([N+](=O)[O-])ccc3-n3c2nc2ccccc2c3=O)c1O. The lowest BCUT2D eigenvalue weighted by Crippen LogP contribution is -2.21. The zero-order chi connectivity index (χ0) is 23.1. The number of non-ortho nitro benzene ring substituents is 1. The summed E-state index contributed by atoms with van der Waals surface area (Å²) < 4.78 is 6.46. The monoisotopic (exact) mass is 441 g/mol. The minimum absolute atomic E-state index is 0.104. The molecule has 33 heavy (non-hydrogen) atoms. The molecule has 10 heteroatoms. The number of hydrogen-bond acceptors (Lipinski definition) is 8. The Balaban J connectivity index is 1.72. The number of methoxy groups -OCH3 is 1. The van der Waals surface area contributed by atoms with E-state index >= 15 is 0 Å². The lowest BCUT2D eigenvalue weighted by Gasteiger charge is -2.05. The standard InChI is InChI=1S/C23H15N5O5/c1-33-19-8-4-5-13(21(19)29)12-24-26-20-16-11-14(28(31)32)9-10-18(16)27-22(20)25-17-7-3-2-6-15(17)23(27)30/h2-12,29H,1H3/b24-12+,26-20-. The van der Waals surface area contributed by atoms with Crippen LogP contribution in [0.15, 0.2) is 75.7 Å². The van der Waals surface area contributed by atoms with Gasteiger partial charge in [-0.1, -0.05) is 18.2 Å². The number of rotatable bonds is 4. The van der Waals surface area contributed by atoms with Crippen LogP contribution in [0.5, 0.6) is 11.5 Å². The fraction of sp³-hybridized carbons (Fsp3) is 0.0435. The van der Waals surface area contributed by atoms with E-state index in [4.69, 9.17) is 4.74 Å². The molecule has 0 radical (unpaired) electrons. The van der Waals surface area contributed by atoms with Gasteiger partial charge in [-0.25, -0.2) is 4.98 Å². The average Bonchev–Trinajstić information content (AvgIpc) is 3.13. The molecule has 1 aliphatic rings. The van der Waals surface area contributed by atoms with Crippen molar-refractivity contribution in [2.75, 3.05) is 7.11 Å². The molecule has 0 spiro atoms. The van der Waals surface area contributed by atoms with Gasteiger partial charge in [0.05, 0.1) is 34.8 Å². The number of benzene rings is 3. The van der Waals surface area contributed by atoms with Gasteiger partial charge in [0.25, 0.3) is 11.2 Å². The molecular weight excluding hydrogens is 426 g/mol. The maximum Gasteiger partial charge on any atom is 0.270 e. The normalized spacial score (nSPS) is 13.4. The van der Waals surface area contributed by atoms with E-state index in [0.717, 1.165) is 0 Å². The highest BCUT2D eigenvalue weighted by Crippen LogP contribution is 2.31. The van der Waals surface area contributed by atoms with E-state index in [0.29, 0.717) is 27.7 Å². The van der Waals surface area contributed by atoms with Gasteiger partial charge in [-0.2, -0.15) is 5.10 Å². The molecule has 0 atom stereocenters. The Morgan fingerprint density at radius 2 is 1.97 bits per heavy atom. The van der Waals surface area contributed by atoms with E-state index in [1.54, 1.807) is 42.5 Å². The minimum atomic E-state index is -0.523. The molecular formula is C23H15N5O5. The fourth-order valence-electron chi connectivity index (χ4n) is 3.71. The van der Waals surface area contributed by atoms with Gasteiger partial charge in [-0.15, -0.1) is 5.10 Å². The Bertz CT molecular complexity index is 1570. The second-order valence-corrected chi connectivity index (χ2v) is 7.14. The van der Waals surface area contributed by atoms with Gasteiger partial charge >= 0.3 is 0 Å². The van der Waals surface area contributed by atoms with E-state index in [1.807, 2.05) is 0 Å². The van der Waals surface area contributed by atoms with E-state index in [9.17, 15) is 20.0 Å². The van der Waals surface area contributed by atoms with Crippen LogP contribution in [0.25, 0.3) is 16.6 Å². The Hall–Kier alpha value is -4.86. The average molecular weight is 441 g/mol. The number of hydrogen-bond donors (Lipinski definition) is 1. The maximum absolute atomic E-state index is 13.2. The molecule has 4 aromatic rings. The smallest absolute Gasteiger partial charge is 0.270 e. The van der Waals surface area contributed by atoms with Crippen LogP contribution in [0, 0.1) is 10.1 Å². The molecule has 0 amide bonds. The summed E-state index contributed by atoms with van der Waals surface area (Å²) in [5.74, 6) is 0.395. The zero-order valence-corrected chi connectivity index (χ0v) is 17.2. The largest absolute Gasteiger partial charge is 0.504 e. The fourth-order valence-corrected chi connectivity index (χ4v) is 3.71. The molecule has 1 N–H and O–H groups in total. The maximum atomic E-state index is 13.2. The number of fused-ring (bicyclic) bond motifs is 4. The van der Waals surface area contributed by atoms with Crippen LogP contribution in [-0.4, -0.2) is 38.6 Å². The third-order valence-corrected chi connectivity index (χ3v) is 5.28. The highest BCUT2D eigenvalue weighted by Gasteiger charge is 2.30. The number of nitro benzene ring substituents is 1. The summed E-state index contributed by atoms with van der Waals surface area (Å²) in [6.45, 7) is 0. The third-order valence-electron chi connectivity index (χ3n) is 5.28. The van der Waals surface area contributed by atoms with E-state index in [1.165, 1.54) is 36.1 Å². The van der Waals surface area contributed by atoms with Crippen LogP contribution in [0.2, 0.25) is 0 Å². The first kappa shape index (κ1) is 20.1. The second-order valence-electron chi connectivity index (χ2n) is 7.14. The van der Waals surface area contributed by atoms with Crippen LogP contribution in [-0.2, 0) is 0 Å². The number of aromatic hydroxyl groups is 1. The van der Waals surface area contributed by atoms with Crippen LogP contribution in [0.3, 0.4) is 0 Å². The summed E-state index contributed by atoms with van der Waals surface area (Å²) in [5, 5.41) is 30.3. The van der Waals surface area contributed by atoms with Crippen molar-refractivity contribution in [3.63, 3.8) is 0 Å². The Morgan fingerprint density at radius 3 is 2.76 bits per heavy atom. The van der Waals surface area contributed by atoms with E-state index in [-0.39, 0.29) is 34.3 Å². The summed E-state index contributed by atoms with van der Waals surface area (Å²) in [6.07, 6.45) is 1.32. The lowest BCUT2D eigenvalue weighted by molar-refractivity contribution is -0.384. The first-order chi connectivity index (χ1) is 16.0. The van der Waals surface area contributed by atoms with Crippen molar-refractivity contribution in [1.82, 2.24) is 9.55 Å². The van der Waals surface area contributed by atoms with Gasteiger partial charge < -0.3 is 9.84 Å². The number of phenolic OH excluding ortho intramolecular Hbond substituents is 1. The third kappa shape index (κ3) is 3.21. The van der Waals surface area contributed by atoms with Gasteiger partial charge in [0, 0.05) is 23.3 Å². The molecule has 1 aromatic heterocycles. The van der Waals surface area contributed by atoms with E-state index in [2.05, 4.69) is 15.2 Å². The molecule has 10 nitrogen and oxygen atoms in total. The second kappa shape index (κ2) is 7.68. The molecule has 1 aliphatic heterocycles. The predicted molar refractivity (Wildman–Crippen MR) is 122 cm³/mol. The minimum Gasteiger partial charge on any atom is -0.504 e. The molecule has 5 rings (SSSR count).